The summed E-state index contributed by atoms with van der Waals surface area (Å²) >= 11 is 6.06. The van der Waals surface area contributed by atoms with Gasteiger partial charge in [-0.15, -0.1) is 0 Å². The minimum atomic E-state index is 0.298. The van der Waals surface area contributed by atoms with E-state index in [2.05, 4.69) is 43.1 Å². The van der Waals surface area contributed by atoms with Crippen LogP contribution in [0, 0.1) is 5.41 Å². The van der Waals surface area contributed by atoms with Crippen LogP contribution in [0.3, 0.4) is 0 Å². The van der Waals surface area contributed by atoms with Gasteiger partial charge in [0, 0.05) is 37.2 Å². The Labute approximate surface area is 115 Å². The van der Waals surface area contributed by atoms with Crippen molar-refractivity contribution in [3.63, 3.8) is 0 Å². The predicted octanol–water partition coefficient (Wildman–Crippen LogP) is 3.16. The summed E-state index contributed by atoms with van der Waals surface area (Å²) in [7, 11) is 0. The van der Waals surface area contributed by atoms with Crippen LogP contribution in [-0.4, -0.2) is 30.6 Å². The number of nitrogens with zero attached hydrogens (tertiary/aromatic N) is 1. The van der Waals surface area contributed by atoms with Crippen molar-refractivity contribution in [1.82, 2.24) is 10.2 Å². The van der Waals surface area contributed by atoms with Crippen molar-refractivity contribution < 1.29 is 0 Å². The molecule has 0 radical (unpaired) electrons. The fourth-order valence-corrected chi connectivity index (χ4v) is 2.87. The van der Waals surface area contributed by atoms with E-state index in [4.69, 9.17) is 11.6 Å². The lowest BCUT2D eigenvalue weighted by atomic mass is 9.84. The van der Waals surface area contributed by atoms with Gasteiger partial charge in [-0.2, -0.15) is 0 Å². The van der Waals surface area contributed by atoms with Crippen LogP contribution in [0.1, 0.15) is 26.3 Å². The van der Waals surface area contributed by atoms with Gasteiger partial charge in [0.2, 0.25) is 0 Å². The molecule has 1 aromatic carbocycles. The number of benzene rings is 1. The topological polar surface area (TPSA) is 15.3 Å². The molecule has 1 aliphatic rings. The van der Waals surface area contributed by atoms with Crippen LogP contribution in [0.15, 0.2) is 24.3 Å². The molecule has 1 atom stereocenters. The molecule has 1 fully saturated rings. The van der Waals surface area contributed by atoms with Gasteiger partial charge in [-0.3, -0.25) is 4.90 Å². The molecule has 1 saturated heterocycles. The number of hydrogen-bond acceptors (Lipinski definition) is 2. The Hall–Kier alpha value is -0.570. The molecule has 0 bridgehead atoms. The van der Waals surface area contributed by atoms with Crippen LogP contribution in [0.25, 0.3) is 0 Å². The van der Waals surface area contributed by atoms with Crippen molar-refractivity contribution in [2.75, 3.05) is 19.6 Å². The van der Waals surface area contributed by atoms with E-state index in [9.17, 15) is 0 Å². The van der Waals surface area contributed by atoms with Crippen LogP contribution >= 0.6 is 11.6 Å². The number of nitrogens with one attached hydrogen (secondary N) is 1. The molecule has 0 aliphatic carbocycles. The maximum atomic E-state index is 6.06. The van der Waals surface area contributed by atoms with Gasteiger partial charge in [-0.1, -0.05) is 44.5 Å². The molecule has 100 valence electrons. The summed E-state index contributed by atoms with van der Waals surface area (Å²) in [6, 6.07) is 8.78. The van der Waals surface area contributed by atoms with Gasteiger partial charge in [-0.05, 0) is 23.1 Å². The first kappa shape index (κ1) is 13.9. The fourth-order valence-electron chi connectivity index (χ4n) is 2.66. The molecule has 0 spiro atoms. The molecular formula is C15H23ClN2. The van der Waals surface area contributed by atoms with Gasteiger partial charge in [0.05, 0.1) is 0 Å². The molecule has 1 N–H and O–H groups in total. The monoisotopic (exact) mass is 266 g/mol. The first-order chi connectivity index (χ1) is 8.47. The van der Waals surface area contributed by atoms with E-state index >= 15 is 0 Å². The summed E-state index contributed by atoms with van der Waals surface area (Å²) in [5, 5.41) is 4.33. The predicted molar refractivity (Wildman–Crippen MR) is 78.0 cm³/mol. The second kappa shape index (κ2) is 5.60. The Balaban J connectivity index is 2.10. The van der Waals surface area contributed by atoms with Gasteiger partial charge in [0.1, 0.15) is 0 Å². The van der Waals surface area contributed by atoms with E-state index in [0.29, 0.717) is 11.5 Å². The Kier molecular flexibility index (Phi) is 4.31. The Morgan fingerprint density at radius 2 is 2.17 bits per heavy atom. The largest absolute Gasteiger partial charge is 0.314 e. The summed E-state index contributed by atoms with van der Waals surface area (Å²) in [5.74, 6) is 0. The molecule has 0 amide bonds. The van der Waals surface area contributed by atoms with Crippen molar-refractivity contribution in [2.24, 2.45) is 5.41 Å². The van der Waals surface area contributed by atoms with Crippen molar-refractivity contribution in [2.45, 2.75) is 33.4 Å². The second-order valence-electron chi connectivity index (χ2n) is 6.19. The van der Waals surface area contributed by atoms with Gasteiger partial charge in [-0.25, -0.2) is 0 Å². The summed E-state index contributed by atoms with van der Waals surface area (Å²) in [6.45, 7) is 11.2. The standard InChI is InChI=1S/C15H23ClN2/c1-15(2,3)14-10-17-7-8-18(14)11-12-5-4-6-13(16)9-12/h4-6,9,14,17H,7-8,10-11H2,1-3H3. The van der Waals surface area contributed by atoms with Crippen molar-refractivity contribution in [1.29, 1.82) is 0 Å². The first-order valence-corrected chi connectivity index (χ1v) is 7.04. The van der Waals surface area contributed by atoms with Crippen LogP contribution in [-0.2, 0) is 6.54 Å². The fraction of sp³-hybridized carbons (Fsp3) is 0.600. The lowest BCUT2D eigenvalue weighted by Gasteiger charge is -2.43. The van der Waals surface area contributed by atoms with E-state index in [1.54, 1.807) is 0 Å². The third kappa shape index (κ3) is 3.47. The average Bonchev–Trinajstić information content (AvgIpc) is 2.28. The Bertz CT molecular complexity index is 398. The summed E-state index contributed by atoms with van der Waals surface area (Å²) in [5.41, 5.74) is 1.60. The lowest BCUT2D eigenvalue weighted by Crippen LogP contribution is -2.56. The minimum Gasteiger partial charge on any atom is -0.314 e. The van der Waals surface area contributed by atoms with Crippen LogP contribution < -0.4 is 5.32 Å². The van der Waals surface area contributed by atoms with Gasteiger partial charge in [0.25, 0.3) is 0 Å². The maximum absolute atomic E-state index is 6.06. The molecule has 2 nitrogen and oxygen atoms in total. The van der Waals surface area contributed by atoms with Gasteiger partial charge >= 0.3 is 0 Å². The first-order valence-electron chi connectivity index (χ1n) is 6.66. The number of rotatable bonds is 2. The smallest absolute Gasteiger partial charge is 0.0409 e. The zero-order valence-corrected chi connectivity index (χ0v) is 12.3. The normalized spacial score (nSPS) is 22.1. The molecule has 2 rings (SSSR count). The minimum absolute atomic E-state index is 0.298. The third-order valence-electron chi connectivity index (χ3n) is 3.63. The highest BCUT2D eigenvalue weighted by Crippen LogP contribution is 2.27. The molecule has 0 saturated carbocycles. The molecule has 0 aromatic heterocycles. The number of halogens is 1. The van der Waals surface area contributed by atoms with Crippen LogP contribution in [0.4, 0.5) is 0 Å². The zero-order valence-electron chi connectivity index (χ0n) is 11.5. The van der Waals surface area contributed by atoms with Crippen molar-refractivity contribution in [3.8, 4) is 0 Å². The Morgan fingerprint density at radius 1 is 1.39 bits per heavy atom. The van der Waals surface area contributed by atoms with Crippen molar-refractivity contribution >= 4 is 11.6 Å². The second-order valence-corrected chi connectivity index (χ2v) is 6.62. The molecule has 18 heavy (non-hydrogen) atoms. The van der Waals surface area contributed by atoms with Gasteiger partial charge < -0.3 is 5.32 Å². The van der Waals surface area contributed by atoms with Gasteiger partial charge in [0.15, 0.2) is 0 Å². The highest BCUT2D eigenvalue weighted by Gasteiger charge is 2.32. The quantitative estimate of drug-likeness (QED) is 0.885. The highest BCUT2D eigenvalue weighted by molar-refractivity contribution is 6.30. The maximum Gasteiger partial charge on any atom is 0.0409 e. The van der Waals surface area contributed by atoms with E-state index < -0.39 is 0 Å². The van der Waals surface area contributed by atoms with Crippen molar-refractivity contribution in [3.05, 3.63) is 34.9 Å². The molecule has 3 heteroatoms. The van der Waals surface area contributed by atoms with E-state index in [-0.39, 0.29) is 0 Å². The number of hydrogen-bond donors (Lipinski definition) is 1. The number of piperazine rings is 1. The molecule has 1 unspecified atom stereocenters. The summed E-state index contributed by atoms with van der Waals surface area (Å²) in [4.78, 5) is 2.57. The highest BCUT2D eigenvalue weighted by atomic mass is 35.5. The zero-order chi connectivity index (χ0) is 13.2. The van der Waals surface area contributed by atoms with Crippen LogP contribution in [0.5, 0.6) is 0 Å². The molecular weight excluding hydrogens is 244 g/mol. The van der Waals surface area contributed by atoms with E-state index in [1.807, 2.05) is 12.1 Å². The van der Waals surface area contributed by atoms with E-state index in [0.717, 1.165) is 31.2 Å². The van der Waals surface area contributed by atoms with E-state index in [1.165, 1.54) is 5.56 Å². The van der Waals surface area contributed by atoms with Crippen LogP contribution in [0.2, 0.25) is 5.02 Å². The SMILES string of the molecule is CC(C)(C)C1CNCCN1Cc1cccc(Cl)c1. The summed E-state index contributed by atoms with van der Waals surface area (Å²) in [6.07, 6.45) is 0. The Morgan fingerprint density at radius 3 is 2.83 bits per heavy atom. The average molecular weight is 267 g/mol. The summed E-state index contributed by atoms with van der Waals surface area (Å²) < 4.78 is 0. The molecule has 1 heterocycles. The third-order valence-corrected chi connectivity index (χ3v) is 3.86. The molecule has 1 aromatic rings. The lowest BCUT2D eigenvalue weighted by molar-refractivity contribution is 0.0689. The molecule has 1 aliphatic heterocycles.